The Balaban J connectivity index is 1.61. The molecule has 3 heteroatoms. The van der Waals surface area contributed by atoms with Gasteiger partial charge in [-0.05, 0) is 53.4 Å². The fraction of sp³-hybridized carbons (Fsp3) is 0.0870. The van der Waals surface area contributed by atoms with Gasteiger partial charge in [-0.3, -0.25) is 0 Å². The molecular weight excluding hydrogens is 322 g/mol. The molecule has 1 aromatic heterocycles. The second-order valence-corrected chi connectivity index (χ2v) is 6.53. The number of fused-ring (bicyclic) bond motifs is 1. The molecule has 0 aliphatic rings. The second kappa shape index (κ2) is 6.52. The Morgan fingerprint density at radius 2 is 1.73 bits per heavy atom. The van der Waals surface area contributed by atoms with Crippen LogP contribution in [0.2, 0.25) is 0 Å². The highest BCUT2D eigenvalue weighted by Gasteiger charge is 2.07. The number of carbonyl (C=O) groups is 1. The van der Waals surface area contributed by atoms with Gasteiger partial charge in [0, 0.05) is 23.6 Å². The van der Waals surface area contributed by atoms with Gasteiger partial charge in [0.05, 0.1) is 5.56 Å². The predicted octanol–water partition coefficient (Wildman–Crippen LogP) is 5.36. The van der Waals surface area contributed by atoms with Gasteiger partial charge in [0.2, 0.25) is 0 Å². The first-order chi connectivity index (χ1) is 12.6. The van der Waals surface area contributed by atoms with Crippen molar-refractivity contribution in [3.63, 3.8) is 0 Å². The van der Waals surface area contributed by atoms with Gasteiger partial charge in [-0.1, -0.05) is 48.5 Å². The lowest BCUT2D eigenvalue weighted by Gasteiger charge is -2.09. The van der Waals surface area contributed by atoms with Gasteiger partial charge in [-0.25, -0.2) is 4.79 Å². The maximum absolute atomic E-state index is 11.1. The number of aryl methyl sites for hydroxylation is 1. The number of benzene rings is 3. The smallest absolute Gasteiger partial charge is 0.335 e. The Bertz CT molecular complexity index is 1090. The van der Waals surface area contributed by atoms with Crippen LogP contribution in [0, 0.1) is 6.92 Å². The van der Waals surface area contributed by atoms with Crippen molar-refractivity contribution in [3.8, 4) is 11.1 Å². The Hall–Kier alpha value is -3.33. The lowest BCUT2D eigenvalue weighted by atomic mass is 9.99. The summed E-state index contributed by atoms with van der Waals surface area (Å²) in [4.78, 5) is 11.1. The fourth-order valence-corrected chi connectivity index (χ4v) is 3.35. The molecule has 0 atom stereocenters. The first kappa shape index (κ1) is 16.2. The number of hydrogen-bond acceptors (Lipinski definition) is 1. The van der Waals surface area contributed by atoms with Crippen molar-refractivity contribution in [1.29, 1.82) is 0 Å². The van der Waals surface area contributed by atoms with Crippen LogP contribution in [0.15, 0.2) is 79.0 Å². The largest absolute Gasteiger partial charge is 0.478 e. The van der Waals surface area contributed by atoms with E-state index in [1.807, 2.05) is 18.3 Å². The lowest BCUT2D eigenvalue weighted by Crippen LogP contribution is -1.99. The van der Waals surface area contributed by atoms with E-state index in [9.17, 15) is 4.79 Å². The molecule has 3 aromatic carbocycles. The molecular formula is C23H19NO2. The predicted molar refractivity (Wildman–Crippen MR) is 105 cm³/mol. The number of carboxylic acids is 1. The van der Waals surface area contributed by atoms with Crippen LogP contribution >= 0.6 is 0 Å². The molecule has 4 rings (SSSR count). The van der Waals surface area contributed by atoms with Crippen LogP contribution < -0.4 is 0 Å². The van der Waals surface area contributed by atoms with E-state index in [1.54, 1.807) is 12.1 Å². The van der Waals surface area contributed by atoms with Crippen molar-refractivity contribution >= 4 is 16.9 Å². The normalized spacial score (nSPS) is 11.0. The third kappa shape index (κ3) is 3.00. The Morgan fingerprint density at radius 1 is 0.962 bits per heavy atom. The number of nitrogens with zero attached hydrogens (tertiary/aromatic N) is 1. The highest BCUT2D eigenvalue weighted by atomic mass is 16.4. The molecule has 0 aliphatic carbocycles. The molecule has 0 bridgehead atoms. The van der Waals surface area contributed by atoms with E-state index in [0.717, 1.165) is 17.4 Å². The topological polar surface area (TPSA) is 42.2 Å². The molecule has 0 unspecified atom stereocenters. The summed E-state index contributed by atoms with van der Waals surface area (Å²) in [6.07, 6.45) is 2.01. The van der Waals surface area contributed by atoms with Gasteiger partial charge in [-0.2, -0.15) is 0 Å². The SMILES string of the molecule is Cc1ccccc1-c1ccc(Cn2ccc3cc(C(=O)O)ccc32)cc1. The van der Waals surface area contributed by atoms with E-state index in [-0.39, 0.29) is 0 Å². The number of aromatic nitrogens is 1. The molecule has 3 nitrogen and oxygen atoms in total. The van der Waals surface area contributed by atoms with Gasteiger partial charge in [-0.15, -0.1) is 0 Å². The molecule has 0 saturated carbocycles. The van der Waals surface area contributed by atoms with Crippen LogP contribution in [0.1, 0.15) is 21.5 Å². The van der Waals surface area contributed by atoms with Crippen molar-refractivity contribution in [2.75, 3.05) is 0 Å². The van der Waals surface area contributed by atoms with Gasteiger partial charge < -0.3 is 9.67 Å². The van der Waals surface area contributed by atoms with Crippen molar-refractivity contribution in [3.05, 3.63) is 95.7 Å². The third-order valence-corrected chi connectivity index (χ3v) is 4.78. The molecule has 0 fully saturated rings. The first-order valence-corrected chi connectivity index (χ1v) is 8.59. The average molecular weight is 341 g/mol. The summed E-state index contributed by atoms with van der Waals surface area (Å²) >= 11 is 0. The molecule has 0 amide bonds. The van der Waals surface area contributed by atoms with Crippen LogP contribution in [-0.4, -0.2) is 15.6 Å². The minimum atomic E-state index is -0.897. The summed E-state index contributed by atoms with van der Waals surface area (Å²) in [5, 5.41) is 10.1. The number of aromatic carboxylic acids is 1. The zero-order chi connectivity index (χ0) is 18.1. The molecule has 1 N–H and O–H groups in total. The van der Waals surface area contributed by atoms with E-state index in [2.05, 4.69) is 60.0 Å². The molecule has 128 valence electrons. The van der Waals surface area contributed by atoms with Gasteiger partial charge in [0.15, 0.2) is 0 Å². The number of carboxylic acid groups (broad SMARTS) is 1. The second-order valence-electron chi connectivity index (χ2n) is 6.53. The molecule has 26 heavy (non-hydrogen) atoms. The maximum atomic E-state index is 11.1. The minimum absolute atomic E-state index is 0.317. The summed E-state index contributed by atoms with van der Waals surface area (Å²) in [5.74, 6) is -0.897. The maximum Gasteiger partial charge on any atom is 0.335 e. The average Bonchev–Trinajstić information content (AvgIpc) is 3.05. The number of hydrogen-bond donors (Lipinski definition) is 1. The van der Waals surface area contributed by atoms with Crippen LogP contribution in [0.3, 0.4) is 0 Å². The molecule has 0 saturated heterocycles. The Morgan fingerprint density at radius 3 is 2.46 bits per heavy atom. The zero-order valence-corrected chi connectivity index (χ0v) is 14.5. The van der Waals surface area contributed by atoms with Gasteiger partial charge >= 0.3 is 5.97 Å². The molecule has 0 aliphatic heterocycles. The van der Waals surface area contributed by atoms with E-state index < -0.39 is 5.97 Å². The first-order valence-electron chi connectivity index (χ1n) is 8.59. The van der Waals surface area contributed by atoms with E-state index >= 15 is 0 Å². The van der Waals surface area contributed by atoms with Crippen LogP contribution in [0.25, 0.3) is 22.0 Å². The van der Waals surface area contributed by atoms with E-state index in [0.29, 0.717) is 5.56 Å². The van der Waals surface area contributed by atoms with E-state index in [1.165, 1.54) is 22.3 Å². The van der Waals surface area contributed by atoms with Crippen molar-refractivity contribution in [2.45, 2.75) is 13.5 Å². The summed E-state index contributed by atoms with van der Waals surface area (Å²) < 4.78 is 2.14. The quantitative estimate of drug-likeness (QED) is 0.543. The third-order valence-electron chi connectivity index (χ3n) is 4.78. The summed E-state index contributed by atoms with van der Waals surface area (Å²) in [6.45, 7) is 2.88. The van der Waals surface area contributed by atoms with E-state index in [4.69, 9.17) is 5.11 Å². The fourth-order valence-electron chi connectivity index (χ4n) is 3.35. The molecule has 0 spiro atoms. The minimum Gasteiger partial charge on any atom is -0.478 e. The Kier molecular flexibility index (Phi) is 4.05. The standard InChI is InChI=1S/C23H19NO2/c1-16-4-2-3-5-21(16)18-8-6-17(7-9-18)15-24-13-12-19-14-20(23(25)26)10-11-22(19)24/h2-14H,15H2,1H3,(H,25,26). The van der Waals surface area contributed by atoms with Crippen molar-refractivity contribution < 1.29 is 9.90 Å². The van der Waals surface area contributed by atoms with Crippen LogP contribution in [0.5, 0.6) is 0 Å². The highest BCUT2D eigenvalue weighted by molar-refractivity contribution is 5.93. The summed E-state index contributed by atoms with van der Waals surface area (Å²) in [5.41, 5.74) is 6.31. The monoisotopic (exact) mass is 341 g/mol. The summed E-state index contributed by atoms with van der Waals surface area (Å²) in [6, 6.07) is 24.2. The number of rotatable bonds is 4. The molecule has 0 radical (unpaired) electrons. The lowest BCUT2D eigenvalue weighted by molar-refractivity contribution is 0.0697. The Labute approximate surface area is 152 Å². The molecule has 1 heterocycles. The highest BCUT2D eigenvalue weighted by Crippen LogP contribution is 2.24. The van der Waals surface area contributed by atoms with Crippen molar-refractivity contribution in [2.24, 2.45) is 0 Å². The van der Waals surface area contributed by atoms with Gasteiger partial charge in [0.1, 0.15) is 0 Å². The summed E-state index contributed by atoms with van der Waals surface area (Å²) in [7, 11) is 0. The van der Waals surface area contributed by atoms with Crippen molar-refractivity contribution in [1.82, 2.24) is 4.57 Å². The molecule has 4 aromatic rings. The van der Waals surface area contributed by atoms with Crippen LogP contribution in [0.4, 0.5) is 0 Å². The van der Waals surface area contributed by atoms with Crippen LogP contribution in [-0.2, 0) is 6.54 Å². The van der Waals surface area contributed by atoms with Gasteiger partial charge in [0.25, 0.3) is 0 Å². The zero-order valence-electron chi connectivity index (χ0n) is 14.5.